The van der Waals surface area contributed by atoms with Crippen LogP contribution >= 0.6 is 0 Å². The van der Waals surface area contributed by atoms with Crippen molar-refractivity contribution in [3.8, 4) is 11.6 Å². The smallest absolute Gasteiger partial charge is 0.320 e. The number of alkyl halides is 2. The summed E-state index contributed by atoms with van der Waals surface area (Å²) in [6.07, 6.45) is -0.354. The van der Waals surface area contributed by atoms with Crippen molar-refractivity contribution in [1.82, 2.24) is 34.7 Å². The number of benzene rings is 1. The van der Waals surface area contributed by atoms with Crippen molar-refractivity contribution in [1.29, 1.82) is 0 Å². The molecule has 1 fully saturated rings. The van der Waals surface area contributed by atoms with Crippen LogP contribution in [-0.4, -0.2) is 53.3 Å². The van der Waals surface area contributed by atoms with Gasteiger partial charge in [0.25, 0.3) is 0 Å². The van der Waals surface area contributed by atoms with Gasteiger partial charge >= 0.3 is 6.55 Å². The van der Waals surface area contributed by atoms with Crippen LogP contribution in [0.2, 0.25) is 0 Å². The first-order valence-electron chi connectivity index (χ1n) is 10.0. The third-order valence-corrected chi connectivity index (χ3v) is 5.88. The van der Waals surface area contributed by atoms with Crippen LogP contribution in [0.3, 0.4) is 0 Å². The molecule has 170 valence electrons. The molecule has 2 aliphatic rings. The second-order valence-corrected chi connectivity index (χ2v) is 7.96. The van der Waals surface area contributed by atoms with Crippen LogP contribution in [-0.2, 0) is 24.9 Å². The highest BCUT2D eigenvalue weighted by molar-refractivity contribution is 5.46. The van der Waals surface area contributed by atoms with Crippen LogP contribution in [0.4, 0.5) is 17.6 Å². The van der Waals surface area contributed by atoms with Crippen LogP contribution < -0.4 is 5.73 Å². The minimum absolute atomic E-state index is 0.0248. The van der Waals surface area contributed by atoms with Gasteiger partial charge in [0.2, 0.25) is 5.82 Å². The van der Waals surface area contributed by atoms with Gasteiger partial charge in [0, 0.05) is 30.7 Å². The standard InChI is InChI=1S/C19H20F4N8O/c1-29-27-17(26-28-29)18-25-14-6-30(7-15(14)31(18)19(22)23)10-5-13(24)16(32-8-10)11-4-9(20)2-3-12(11)21/h2-4,10,13,16,19H,5-8,24H2,1H3/t10-,13+,16-/m1/s1. The third kappa shape index (κ3) is 3.55. The molecule has 32 heavy (non-hydrogen) atoms. The van der Waals surface area contributed by atoms with Crippen molar-refractivity contribution in [3.05, 3.63) is 46.8 Å². The molecule has 0 radical (unpaired) electrons. The molecule has 0 saturated carbocycles. The maximum Gasteiger partial charge on any atom is 0.320 e. The number of rotatable bonds is 4. The van der Waals surface area contributed by atoms with Crippen molar-refractivity contribution in [2.45, 2.75) is 44.2 Å². The second kappa shape index (κ2) is 7.90. The Morgan fingerprint density at radius 3 is 2.72 bits per heavy atom. The molecule has 1 saturated heterocycles. The van der Waals surface area contributed by atoms with Crippen LogP contribution in [0.25, 0.3) is 11.6 Å². The zero-order valence-corrected chi connectivity index (χ0v) is 17.0. The topological polar surface area (TPSA) is 99.9 Å². The Bertz CT molecular complexity index is 1150. The molecule has 0 aliphatic carbocycles. The quantitative estimate of drug-likeness (QED) is 0.604. The summed E-state index contributed by atoms with van der Waals surface area (Å²) in [5.74, 6) is -1.16. The Balaban J connectivity index is 1.33. The summed E-state index contributed by atoms with van der Waals surface area (Å²) in [5.41, 5.74) is 7.19. The summed E-state index contributed by atoms with van der Waals surface area (Å²) in [6.45, 7) is -2.09. The van der Waals surface area contributed by atoms with Crippen LogP contribution in [0.1, 0.15) is 36.0 Å². The first kappa shape index (κ1) is 21.0. The fraction of sp³-hybridized carbons (Fsp3) is 0.474. The fourth-order valence-corrected chi connectivity index (χ4v) is 4.40. The summed E-state index contributed by atoms with van der Waals surface area (Å²) >= 11 is 0. The van der Waals surface area contributed by atoms with E-state index in [9.17, 15) is 17.6 Å². The van der Waals surface area contributed by atoms with Crippen molar-refractivity contribution in [2.24, 2.45) is 12.8 Å². The third-order valence-electron chi connectivity index (χ3n) is 5.88. The van der Waals surface area contributed by atoms with Gasteiger partial charge in [0.1, 0.15) is 17.7 Å². The van der Waals surface area contributed by atoms with Crippen LogP contribution in [0.15, 0.2) is 18.2 Å². The number of halogens is 4. The average molecular weight is 452 g/mol. The van der Waals surface area contributed by atoms with Gasteiger partial charge in [-0.05, 0) is 29.8 Å². The molecular formula is C19H20F4N8O. The molecule has 2 N–H and O–H groups in total. The van der Waals surface area contributed by atoms with Gasteiger partial charge in [-0.3, -0.25) is 9.47 Å². The largest absolute Gasteiger partial charge is 0.370 e. The number of ether oxygens (including phenoxy) is 1. The number of aromatic nitrogens is 6. The minimum atomic E-state index is -2.82. The lowest BCUT2D eigenvalue weighted by Crippen LogP contribution is -2.47. The molecule has 1 aromatic carbocycles. The Hall–Kier alpha value is -2.90. The fourth-order valence-electron chi connectivity index (χ4n) is 4.40. The predicted molar refractivity (Wildman–Crippen MR) is 102 cm³/mol. The number of nitrogens with two attached hydrogens (primary N) is 1. The Labute approximate surface area is 179 Å². The van der Waals surface area contributed by atoms with Crippen LogP contribution in [0, 0.1) is 11.6 Å². The molecule has 0 bridgehead atoms. The van der Waals surface area contributed by atoms with Gasteiger partial charge in [-0.1, -0.05) is 0 Å². The molecule has 3 atom stereocenters. The summed E-state index contributed by atoms with van der Waals surface area (Å²) in [5, 5.41) is 11.4. The van der Waals surface area contributed by atoms with Crippen molar-refractivity contribution < 1.29 is 22.3 Å². The van der Waals surface area contributed by atoms with E-state index in [-0.39, 0.29) is 36.4 Å². The first-order valence-corrected chi connectivity index (χ1v) is 10.0. The van der Waals surface area contributed by atoms with E-state index >= 15 is 0 Å². The lowest BCUT2D eigenvalue weighted by Gasteiger charge is -2.38. The van der Waals surface area contributed by atoms with E-state index < -0.39 is 30.3 Å². The van der Waals surface area contributed by atoms with Crippen molar-refractivity contribution in [3.63, 3.8) is 0 Å². The van der Waals surface area contributed by atoms with E-state index in [2.05, 4.69) is 20.4 Å². The second-order valence-electron chi connectivity index (χ2n) is 7.96. The van der Waals surface area contributed by atoms with E-state index in [1.54, 1.807) is 0 Å². The SMILES string of the molecule is Cn1nnc(-c2nc3c(n2C(F)F)CN([C@H]2CO[C@H](c4cc(F)ccc4F)[C@@H](N)C2)C3)n1. The number of aryl methyl sites for hydroxylation is 1. The van der Waals surface area contributed by atoms with Gasteiger partial charge in [-0.2, -0.15) is 13.6 Å². The molecule has 2 aromatic heterocycles. The number of nitrogens with zero attached hydrogens (tertiary/aromatic N) is 7. The van der Waals surface area contributed by atoms with E-state index in [1.165, 1.54) is 11.8 Å². The number of tetrazole rings is 1. The zero-order valence-electron chi connectivity index (χ0n) is 17.0. The Morgan fingerprint density at radius 2 is 2.03 bits per heavy atom. The highest BCUT2D eigenvalue weighted by Crippen LogP contribution is 2.36. The molecule has 3 aromatic rings. The Morgan fingerprint density at radius 1 is 1.22 bits per heavy atom. The average Bonchev–Trinajstić information content (AvgIpc) is 3.43. The van der Waals surface area contributed by atoms with E-state index in [4.69, 9.17) is 10.5 Å². The maximum atomic E-state index is 14.2. The number of fused-ring (bicyclic) bond motifs is 1. The highest BCUT2D eigenvalue weighted by Gasteiger charge is 2.39. The van der Waals surface area contributed by atoms with Gasteiger partial charge in [-0.25, -0.2) is 13.8 Å². The van der Waals surface area contributed by atoms with Gasteiger partial charge in [-0.15, -0.1) is 10.2 Å². The minimum Gasteiger partial charge on any atom is -0.370 e. The summed E-state index contributed by atoms with van der Waals surface area (Å²) in [4.78, 5) is 7.47. The van der Waals surface area contributed by atoms with Gasteiger partial charge in [0.05, 0.1) is 25.0 Å². The highest BCUT2D eigenvalue weighted by atomic mass is 19.3. The predicted octanol–water partition coefficient (Wildman–Crippen LogP) is 1.92. The van der Waals surface area contributed by atoms with E-state index in [0.29, 0.717) is 24.4 Å². The molecule has 0 spiro atoms. The monoisotopic (exact) mass is 452 g/mol. The maximum absolute atomic E-state index is 14.2. The molecule has 9 nitrogen and oxygen atoms in total. The molecule has 4 heterocycles. The lowest BCUT2D eigenvalue weighted by atomic mass is 9.93. The molecular weight excluding hydrogens is 432 g/mol. The summed E-state index contributed by atoms with van der Waals surface area (Å²) in [7, 11) is 1.54. The normalized spacial score (nSPS) is 23.8. The number of hydrogen-bond acceptors (Lipinski definition) is 7. The van der Waals surface area contributed by atoms with Crippen molar-refractivity contribution in [2.75, 3.05) is 6.61 Å². The van der Waals surface area contributed by atoms with Gasteiger partial charge < -0.3 is 10.5 Å². The van der Waals surface area contributed by atoms with E-state index in [0.717, 1.165) is 22.8 Å². The summed E-state index contributed by atoms with van der Waals surface area (Å²) in [6, 6.07) is 2.39. The Kier molecular flexibility index (Phi) is 5.18. The van der Waals surface area contributed by atoms with Gasteiger partial charge in [0.15, 0.2) is 5.82 Å². The number of hydrogen-bond donors (Lipinski definition) is 1. The van der Waals surface area contributed by atoms with E-state index in [1.807, 2.05) is 4.90 Å². The first-order chi connectivity index (χ1) is 15.3. The van der Waals surface area contributed by atoms with Crippen molar-refractivity contribution >= 4 is 0 Å². The molecule has 13 heteroatoms. The van der Waals surface area contributed by atoms with Crippen LogP contribution in [0.5, 0.6) is 0 Å². The summed E-state index contributed by atoms with van der Waals surface area (Å²) < 4.78 is 62.1. The lowest BCUT2D eigenvalue weighted by molar-refractivity contribution is -0.0538. The molecule has 0 unspecified atom stereocenters. The molecule has 2 aliphatic heterocycles. The number of imidazole rings is 1. The molecule has 0 amide bonds. The molecule has 5 rings (SSSR count). The zero-order chi connectivity index (χ0) is 22.6.